The standard InChI is InChI=1S/C18H12Cl3F3N4O4S/c1-8-3-4-13(32-2)14(5-8)33(30,31)26-17(29)15-16(18(22,23)24)28(27-25-15)12-7-10(20)9(19)6-11(12)21/h3-7H,1-2H3,(H,26,29). The number of sulfonamides is 1. The highest BCUT2D eigenvalue weighted by Crippen LogP contribution is 2.37. The first-order valence-electron chi connectivity index (χ1n) is 8.66. The second-order valence-corrected chi connectivity index (χ2v) is 9.38. The largest absolute Gasteiger partial charge is 0.495 e. The molecule has 33 heavy (non-hydrogen) atoms. The lowest BCUT2D eigenvalue weighted by Crippen LogP contribution is -2.33. The van der Waals surface area contributed by atoms with Gasteiger partial charge in [-0.05, 0) is 36.8 Å². The van der Waals surface area contributed by atoms with Crippen LogP contribution in [0.1, 0.15) is 21.7 Å². The Labute approximate surface area is 200 Å². The molecular formula is C18H12Cl3F3N4O4S. The molecule has 3 aromatic rings. The Hall–Kier alpha value is -2.54. The lowest BCUT2D eigenvalue weighted by Gasteiger charge is -2.14. The van der Waals surface area contributed by atoms with E-state index in [1.165, 1.54) is 19.2 Å². The van der Waals surface area contributed by atoms with E-state index in [1.54, 1.807) is 17.7 Å². The fourth-order valence-electron chi connectivity index (χ4n) is 2.75. The van der Waals surface area contributed by atoms with Crippen LogP contribution in [0.5, 0.6) is 5.75 Å². The quantitative estimate of drug-likeness (QED) is 0.469. The van der Waals surface area contributed by atoms with Gasteiger partial charge < -0.3 is 4.74 Å². The van der Waals surface area contributed by atoms with Crippen molar-refractivity contribution in [3.05, 3.63) is 62.4 Å². The minimum absolute atomic E-state index is 0.0322. The van der Waals surface area contributed by atoms with Gasteiger partial charge in [0.05, 0.1) is 27.9 Å². The third-order valence-corrected chi connectivity index (χ3v) is 6.58. The first-order chi connectivity index (χ1) is 15.3. The van der Waals surface area contributed by atoms with E-state index in [0.717, 1.165) is 12.1 Å². The van der Waals surface area contributed by atoms with Crippen LogP contribution in [0.2, 0.25) is 15.1 Å². The van der Waals surface area contributed by atoms with E-state index in [9.17, 15) is 26.4 Å². The summed E-state index contributed by atoms with van der Waals surface area (Å²) in [5.74, 6) is -1.79. The molecule has 0 aliphatic carbocycles. The van der Waals surface area contributed by atoms with E-state index in [2.05, 4.69) is 10.3 Å². The van der Waals surface area contributed by atoms with Crippen molar-refractivity contribution < 1.29 is 31.1 Å². The van der Waals surface area contributed by atoms with Crippen molar-refractivity contribution in [1.82, 2.24) is 19.7 Å². The highest BCUT2D eigenvalue weighted by atomic mass is 35.5. The van der Waals surface area contributed by atoms with Crippen LogP contribution in [0.3, 0.4) is 0 Å². The van der Waals surface area contributed by atoms with Gasteiger partial charge in [-0.1, -0.05) is 46.1 Å². The molecule has 1 aromatic heterocycles. The minimum Gasteiger partial charge on any atom is -0.495 e. The van der Waals surface area contributed by atoms with Crippen LogP contribution in [0.25, 0.3) is 5.69 Å². The number of methoxy groups -OCH3 is 1. The van der Waals surface area contributed by atoms with Crippen molar-refractivity contribution in [2.45, 2.75) is 18.0 Å². The molecule has 1 amide bonds. The Morgan fingerprint density at radius 2 is 1.73 bits per heavy atom. The second-order valence-electron chi connectivity index (χ2n) is 6.50. The average Bonchev–Trinajstić information content (AvgIpc) is 3.16. The number of carbonyl (C=O) groups excluding carboxylic acids is 1. The zero-order valence-electron chi connectivity index (χ0n) is 16.5. The van der Waals surface area contributed by atoms with E-state index >= 15 is 0 Å². The van der Waals surface area contributed by atoms with Crippen molar-refractivity contribution in [3.63, 3.8) is 0 Å². The molecule has 0 fully saturated rings. The van der Waals surface area contributed by atoms with Crippen LogP contribution in [-0.4, -0.2) is 36.4 Å². The van der Waals surface area contributed by atoms with Crippen LogP contribution in [0.4, 0.5) is 13.2 Å². The summed E-state index contributed by atoms with van der Waals surface area (Å²) < 4.78 is 73.8. The number of benzene rings is 2. The van der Waals surface area contributed by atoms with E-state index in [4.69, 9.17) is 39.5 Å². The maximum Gasteiger partial charge on any atom is 0.435 e. The summed E-state index contributed by atoms with van der Waals surface area (Å²) in [5.41, 5.74) is -2.86. The van der Waals surface area contributed by atoms with Crippen LogP contribution in [0, 0.1) is 6.92 Å². The predicted molar refractivity (Wildman–Crippen MR) is 114 cm³/mol. The molecule has 0 aliphatic rings. The normalized spacial score (nSPS) is 12.0. The fourth-order valence-corrected chi connectivity index (χ4v) is 4.58. The van der Waals surface area contributed by atoms with Gasteiger partial charge in [-0.25, -0.2) is 17.8 Å². The van der Waals surface area contributed by atoms with Gasteiger partial charge in [0.15, 0.2) is 11.4 Å². The molecule has 2 aromatic carbocycles. The monoisotopic (exact) mass is 542 g/mol. The molecule has 0 unspecified atom stereocenters. The smallest absolute Gasteiger partial charge is 0.435 e. The number of hydrogen-bond donors (Lipinski definition) is 1. The first kappa shape index (κ1) is 25.1. The molecule has 0 atom stereocenters. The van der Waals surface area contributed by atoms with Crippen LogP contribution in [0.15, 0.2) is 35.2 Å². The van der Waals surface area contributed by atoms with E-state index < -0.39 is 38.4 Å². The Morgan fingerprint density at radius 3 is 2.33 bits per heavy atom. The molecule has 0 bridgehead atoms. The Bertz CT molecular complexity index is 1360. The fraction of sp³-hybridized carbons (Fsp3) is 0.167. The van der Waals surface area contributed by atoms with Gasteiger partial charge in [-0.2, -0.15) is 13.2 Å². The number of aryl methyl sites for hydroxylation is 1. The van der Waals surface area contributed by atoms with Gasteiger partial charge in [-0.15, -0.1) is 5.10 Å². The van der Waals surface area contributed by atoms with E-state index in [1.807, 2.05) is 0 Å². The maximum absolute atomic E-state index is 13.9. The van der Waals surface area contributed by atoms with Crippen molar-refractivity contribution in [2.24, 2.45) is 0 Å². The summed E-state index contributed by atoms with van der Waals surface area (Å²) in [5, 5.41) is 6.13. The summed E-state index contributed by atoms with van der Waals surface area (Å²) in [6.45, 7) is 1.58. The predicted octanol–water partition coefficient (Wildman–Crippen LogP) is 4.68. The van der Waals surface area contributed by atoms with Gasteiger partial charge in [0, 0.05) is 0 Å². The highest BCUT2D eigenvalue weighted by molar-refractivity contribution is 7.90. The zero-order chi connectivity index (χ0) is 24.7. The lowest BCUT2D eigenvalue weighted by atomic mass is 10.2. The number of nitrogens with zero attached hydrogens (tertiary/aromatic N) is 3. The van der Waals surface area contributed by atoms with Gasteiger partial charge in [0.2, 0.25) is 0 Å². The number of aromatic nitrogens is 3. The number of ether oxygens (including phenoxy) is 1. The summed E-state index contributed by atoms with van der Waals surface area (Å²) in [7, 11) is -3.45. The van der Waals surface area contributed by atoms with Crippen molar-refractivity contribution in [1.29, 1.82) is 0 Å². The summed E-state index contributed by atoms with van der Waals surface area (Å²) in [4.78, 5) is 12.2. The molecular weight excluding hydrogens is 532 g/mol. The number of carbonyl (C=O) groups is 1. The molecule has 0 aliphatic heterocycles. The molecule has 0 saturated heterocycles. The molecule has 1 N–H and O–H groups in total. The summed E-state index contributed by atoms with van der Waals surface area (Å²) in [6, 6.07) is 6.14. The second kappa shape index (κ2) is 9.01. The maximum atomic E-state index is 13.9. The molecule has 1 heterocycles. The average molecular weight is 544 g/mol. The topological polar surface area (TPSA) is 103 Å². The molecule has 0 spiro atoms. The van der Waals surface area contributed by atoms with Crippen molar-refractivity contribution >= 4 is 50.7 Å². The number of halogens is 6. The third-order valence-electron chi connectivity index (χ3n) is 4.21. The highest BCUT2D eigenvalue weighted by Gasteiger charge is 2.43. The Morgan fingerprint density at radius 1 is 1.09 bits per heavy atom. The van der Waals surface area contributed by atoms with Crippen molar-refractivity contribution in [3.8, 4) is 11.4 Å². The molecule has 0 saturated carbocycles. The van der Waals surface area contributed by atoms with Gasteiger partial charge in [-0.3, -0.25) is 4.79 Å². The molecule has 8 nitrogen and oxygen atoms in total. The lowest BCUT2D eigenvalue weighted by molar-refractivity contribution is -0.143. The molecule has 176 valence electrons. The number of rotatable bonds is 5. The number of nitrogens with one attached hydrogen (secondary N) is 1. The summed E-state index contributed by atoms with van der Waals surface area (Å²) in [6.07, 6.45) is -5.18. The Balaban J connectivity index is 2.10. The number of hydrogen-bond acceptors (Lipinski definition) is 6. The molecule has 15 heteroatoms. The summed E-state index contributed by atoms with van der Waals surface area (Å²) >= 11 is 17.6. The Kier molecular flexibility index (Phi) is 6.85. The van der Waals surface area contributed by atoms with E-state index in [0.29, 0.717) is 5.56 Å². The van der Waals surface area contributed by atoms with Gasteiger partial charge >= 0.3 is 6.18 Å². The van der Waals surface area contributed by atoms with Gasteiger partial charge in [0.1, 0.15) is 10.6 Å². The van der Waals surface area contributed by atoms with Crippen LogP contribution in [-0.2, 0) is 16.2 Å². The third kappa shape index (κ3) is 5.03. The number of alkyl halides is 3. The van der Waals surface area contributed by atoms with Gasteiger partial charge in [0.25, 0.3) is 15.9 Å². The van der Waals surface area contributed by atoms with Crippen LogP contribution >= 0.6 is 34.8 Å². The zero-order valence-corrected chi connectivity index (χ0v) is 19.6. The SMILES string of the molecule is COc1ccc(C)cc1S(=O)(=O)NC(=O)c1nnn(-c2cc(Cl)c(Cl)cc2Cl)c1C(F)(F)F. The van der Waals surface area contributed by atoms with Crippen LogP contribution < -0.4 is 9.46 Å². The molecule has 0 radical (unpaired) electrons. The minimum atomic E-state index is -5.18. The number of amides is 1. The van der Waals surface area contributed by atoms with Crippen molar-refractivity contribution in [2.75, 3.05) is 7.11 Å². The molecule has 3 rings (SSSR count). The first-order valence-corrected chi connectivity index (χ1v) is 11.3. The van der Waals surface area contributed by atoms with E-state index in [-0.39, 0.29) is 31.2 Å².